The lowest BCUT2D eigenvalue weighted by molar-refractivity contribution is 0.316. The van der Waals surface area contributed by atoms with E-state index < -0.39 is 10.0 Å². The molecule has 0 aliphatic carbocycles. The fourth-order valence-electron chi connectivity index (χ4n) is 2.25. The van der Waals surface area contributed by atoms with Crippen molar-refractivity contribution in [3.8, 4) is 11.8 Å². The Balaban J connectivity index is 2.10. The van der Waals surface area contributed by atoms with Gasteiger partial charge in [-0.1, -0.05) is 18.2 Å². The Morgan fingerprint density at radius 3 is 2.76 bits per heavy atom. The Bertz CT molecular complexity index is 825. The highest BCUT2D eigenvalue weighted by Gasteiger charge is 2.29. The van der Waals surface area contributed by atoms with Crippen LogP contribution in [-0.4, -0.2) is 21.6 Å². The van der Waals surface area contributed by atoms with Gasteiger partial charge in [0.2, 0.25) is 0 Å². The molecule has 2 aromatic carbocycles. The molecule has 21 heavy (non-hydrogen) atoms. The van der Waals surface area contributed by atoms with E-state index in [1.807, 2.05) is 6.07 Å². The molecule has 0 aromatic heterocycles. The van der Waals surface area contributed by atoms with Crippen molar-refractivity contribution < 1.29 is 13.2 Å². The van der Waals surface area contributed by atoms with Crippen LogP contribution >= 0.6 is 0 Å². The van der Waals surface area contributed by atoms with E-state index >= 15 is 0 Å². The van der Waals surface area contributed by atoms with E-state index in [1.165, 1.54) is 16.4 Å². The summed E-state index contributed by atoms with van der Waals surface area (Å²) in [5.41, 5.74) is 0.837. The van der Waals surface area contributed by atoms with Gasteiger partial charge >= 0.3 is 0 Å². The molecule has 1 heterocycles. The van der Waals surface area contributed by atoms with Crippen molar-refractivity contribution in [1.82, 2.24) is 0 Å². The molecule has 0 atom stereocenters. The molecule has 2 aromatic rings. The third-order valence-corrected chi connectivity index (χ3v) is 5.05. The highest BCUT2D eigenvalue weighted by Crippen LogP contribution is 2.34. The van der Waals surface area contributed by atoms with E-state index in [2.05, 4.69) is 0 Å². The molecule has 0 bridgehead atoms. The van der Waals surface area contributed by atoms with Crippen LogP contribution in [0, 0.1) is 11.3 Å². The summed E-state index contributed by atoms with van der Waals surface area (Å²) in [5.74, 6) is 0.545. The van der Waals surface area contributed by atoms with Gasteiger partial charge in [-0.2, -0.15) is 5.26 Å². The van der Waals surface area contributed by atoms with Gasteiger partial charge in [-0.3, -0.25) is 4.31 Å². The fourth-order valence-corrected chi connectivity index (χ4v) is 3.75. The standard InChI is InChI=1S/C15H12N2O3S/c16-11-12-4-3-5-13(10-12)21(18,19)17-8-9-20-15-7-2-1-6-14(15)17/h1-7,10H,8-9H2. The Morgan fingerprint density at radius 1 is 1.14 bits per heavy atom. The zero-order chi connectivity index (χ0) is 14.9. The number of sulfonamides is 1. The number of anilines is 1. The van der Waals surface area contributed by atoms with Crippen LogP contribution in [0.4, 0.5) is 5.69 Å². The molecule has 106 valence electrons. The SMILES string of the molecule is N#Cc1cccc(S(=O)(=O)N2CCOc3ccccc32)c1. The maximum absolute atomic E-state index is 12.8. The van der Waals surface area contributed by atoms with E-state index in [1.54, 1.807) is 36.4 Å². The van der Waals surface area contributed by atoms with Crippen molar-refractivity contribution in [2.24, 2.45) is 0 Å². The van der Waals surface area contributed by atoms with Gasteiger partial charge in [-0.15, -0.1) is 0 Å². The molecule has 0 fully saturated rings. The van der Waals surface area contributed by atoms with Crippen LogP contribution in [-0.2, 0) is 10.0 Å². The summed E-state index contributed by atoms with van der Waals surface area (Å²) in [4.78, 5) is 0.109. The van der Waals surface area contributed by atoms with E-state index in [9.17, 15) is 8.42 Å². The minimum Gasteiger partial charge on any atom is -0.489 e. The average Bonchev–Trinajstić information content (AvgIpc) is 2.54. The van der Waals surface area contributed by atoms with Crippen LogP contribution in [0.15, 0.2) is 53.4 Å². The van der Waals surface area contributed by atoms with Gasteiger partial charge in [0.05, 0.1) is 28.8 Å². The monoisotopic (exact) mass is 300 g/mol. The molecule has 5 nitrogen and oxygen atoms in total. The molecule has 3 rings (SSSR count). The molecule has 0 saturated heterocycles. The number of hydrogen-bond acceptors (Lipinski definition) is 4. The number of para-hydroxylation sites is 2. The summed E-state index contributed by atoms with van der Waals surface area (Å²) in [6.07, 6.45) is 0. The summed E-state index contributed by atoms with van der Waals surface area (Å²) >= 11 is 0. The third kappa shape index (κ3) is 2.32. The largest absolute Gasteiger partial charge is 0.489 e. The molecule has 0 unspecified atom stereocenters. The Morgan fingerprint density at radius 2 is 1.95 bits per heavy atom. The number of hydrogen-bond donors (Lipinski definition) is 0. The Hall–Kier alpha value is -2.52. The number of ether oxygens (including phenoxy) is 1. The second kappa shape index (κ2) is 5.11. The quantitative estimate of drug-likeness (QED) is 0.852. The number of benzene rings is 2. The number of nitrogens with zero attached hydrogens (tertiary/aromatic N) is 2. The zero-order valence-electron chi connectivity index (χ0n) is 11.1. The second-order valence-corrected chi connectivity index (χ2v) is 6.40. The highest BCUT2D eigenvalue weighted by atomic mass is 32.2. The van der Waals surface area contributed by atoms with Crippen molar-refractivity contribution in [3.05, 3.63) is 54.1 Å². The first-order valence-electron chi connectivity index (χ1n) is 6.37. The lowest BCUT2D eigenvalue weighted by Gasteiger charge is -2.30. The molecule has 0 amide bonds. The second-order valence-electron chi connectivity index (χ2n) is 4.53. The van der Waals surface area contributed by atoms with Crippen LogP contribution in [0.3, 0.4) is 0 Å². The molecule has 1 aliphatic heterocycles. The van der Waals surface area contributed by atoms with Gasteiger partial charge in [0.15, 0.2) is 0 Å². The smallest absolute Gasteiger partial charge is 0.264 e. The van der Waals surface area contributed by atoms with Crippen molar-refractivity contribution in [3.63, 3.8) is 0 Å². The lowest BCUT2D eigenvalue weighted by atomic mass is 10.2. The topological polar surface area (TPSA) is 70.4 Å². The average molecular weight is 300 g/mol. The molecule has 0 saturated carbocycles. The molecule has 0 N–H and O–H groups in total. The van der Waals surface area contributed by atoms with Crippen molar-refractivity contribution in [1.29, 1.82) is 5.26 Å². The maximum atomic E-state index is 12.8. The molecular formula is C15H12N2O3S. The van der Waals surface area contributed by atoms with Gasteiger partial charge in [-0.25, -0.2) is 8.42 Å². The summed E-state index contributed by atoms with van der Waals surface area (Å²) in [6.45, 7) is 0.546. The van der Waals surface area contributed by atoms with Crippen LogP contribution in [0.25, 0.3) is 0 Å². The first-order valence-corrected chi connectivity index (χ1v) is 7.82. The predicted molar refractivity (Wildman–Crippen MR) is 77.6 cm³/mol. The van der Waals surface area contributed by atoms with Crippen LogP contribution in [0.1, 0.15) is 5.56 Å². The van der Waals surface area contributed by atoms with Crippen molar-refractivity contribution in [2.45, 2.75) is 4.90 Å². The third-order valence-electron chi connectivity index (χ3n) is 3.24. The minimum atomic E-state index is -3.71. The normalized spacial score (nSPS) is 14.0. The summed E-state index contributed by atoms with van der Waals surface area (Å²) in [6, 6.07) is 15.0. The van der Waals surface area contributed by atoms with E-state index in [4.69, 9.17) is 10.00 Å². The first-order chi connectivity index (χ1) is 10.1. The van der Waals surface area contributed by atoms with Crippen LogP contribution in [0.2, 0.25) is 0 Å². The van der Waals surface area contributed by atoms with E-state index in [0.29, 0.717) is 23.6 Å². The van der Waals surface area contributed by atoms with Crippen molar-refractivity contribution >= 4 is 15.7 Å². The predicted octanol–water partition coefficient (Wildman–Crippen LogP) is 2.15. The van der Waals surface area contributed by atoms with Gasteiger partial charge in [0, 0.05) is 0 Å². The number of rotatable bonds is 2. The first kappa shape index (κ1) is 13.5. The van der Waals surface area contributed by atoms with E-state index in [0.717, 1.165) is 0 Å². The minimum absolute atomic E-state index is 0.109. The number of nitriles is 1. The Labute approximate surface area is 123 Å². The fraction of sp³-hybridized carbons (Fsp3) is 0.133. The molecular weight excluding hydrogens is 288 g/mol. The van der Waals surface area contributed by atoms with Gasteiger partial charge in [0.25, 0.3) is 10.0 Å². The Kier molecular flexibility index (Phi) is 3.28. The summed E-state index contributed by atoms with van der Waals surface area (Å²) in [5, 5.41) is 8.92. The molecule has 1 aliphatic rings. The maximum Gasteiger partial charge on any atom is 0.264 e. The van der Waals surface area contributed by atoms with Gasteiger partial charge < -0.3 is 4.74 Å². The molecule has 6 heteroatoms. The van der Waals surface area contributed by atoms with Crippen molar-refractivity contribution in [2.75, 3.05) is 17.5 Å². The molecule has 0 spiro atoms. The van der Waals surface area contributed by atoms with Gasteiger partial charge in [-0.05, 0) is 30.3 Å². The summed E-state index contributed by atoms with van der Waals surface area (Å²) in [7, 11) is -3.71. The van der Waals surface area contributed by atoms with Gasteiger partial charge in [0.1, 0.15) is 12.4 Å². The zero-order valence-corrected chi connectivity index (χ0v) is 11.9. The van der Waals surface area contributed by atoms with Crippen LogP contribution < -0.4 is 9.04 Å². The number of fused-ring (bicyclic) bond motifs is 1. The summed E-state index contributed by atoms with van der Waals surface area (Å²) < 4.78 is 32.4. The highest BCUT2D eigenvalue weighted by molar-refractivity contribution is 7.92. The van der Waals surface area contributed by atoms with E-state index in [-0.39, 0.29) is 11.4 Å². The lowest BCUT2D eigenvalue weighted by Crippen LogP contribution is -2.37. The van der Waals surface area contributed by atoms with Crippen LogP contribution in [0.5, 0.6) is 5.75 Å². The molecule has 0 radical (unpaired) electrons.